The summed E-state index contributed by atoms with van der Waals surface area (Å²) in [6.07, 6.45) is -3.83. The number of amides is 1. The van der Waals surface area contributed by atoms with Gasteiger partial charge in [-0.25, -0.2) is 0 Å². The first kappa shape index (κ1) is 23.5. The van der Waals surface area contributed by atoms with Crippen LogP contribution >= 0.6 is 0 Å². The number of carbonyl (C=O) groups is 1. The number of benzene rings is 2. The average molecular weight is 423 g/mol. The predicted octanol–water partition coefficient (Wildman–Crippen LogP) is 5.10. The van der Waals surface area contributed by atoms with Crippen LogP contribution in [0, 0.1) is 6.92 Å². The summed E-state index contributed by atoms with van der Waals surface area (Å²) in [5, 5.41) is 6.06. The molecule has 2 aromatic rings. The predicted molar refractivity (Wildman–Crippen MR) is 112 cm³/mol. The monoisotopic (exact) mass is 423 g/mol. The normalized spacial score (nSPS) is 11.4. The number of nitrogens with zero attached hydrogens (tertiary/aromatic N) is 1. The number of ether oxygens (including phenoxy) is 1. The lowest BCUT2D eigenvalue weighted by atomic mass is 10.1. The molecule has 0 aliphatic carbocycles. The third-order valence-corrected chi connectivity index (χ3v) is 4.69. The van der Waals surface area contributed by atoms with Gasteiger partial charge in [0.15, 0.2) is 0 Å². The van der Waals surface area contributed by atoms with E-state index in [0.29, 0.717) is 17.8 Å². The van der Waals surface area contributed by atoms with Crippen molar-refractivity contribution < 1.29 is 22.7 Å². The molecule has 2 N–H and O–H groups in total. The molecule has 2 aromatic carbocycles. The summed E-state index contributed by atoms with van der Waals surface area (Å²) < 4.78 is 40.6. The summed E-state index contributed by atoms with van der Waals surface area (Å²) in [6, 6.07) is 10.8. The highest BCUT2D eigenvalue weighted by Gasteiger charge is 2.30. The molecular formula is C22H28F3N3O2. The number of aryl methyl sites for hydroxylation is 1. The molecule has 0 fully saturated rings. The van der Waals surface area contributed by atoms with Crippen LogP contribution in [0.3, 0.4) is 0 Å². The first-order valence-electron chi connectivity index (χ1n) is 9.96. The second kappa shape index (κ2) is 10.9. The van der Waals surface area contributed by atoms with E-state index in [-0.39, 0.29) is 11.7 Å². The Morgan fingerprint density at radius 3 is 2.30 bits per heavy atom. The van der Waals surface area contributed by atoms with Crippen LogP contribution in [0.5, 0.6) is 5.75 Å². The van der Waals surface area contributed by atoms with Crippen LogP contribution < -0.4 is 15.4 Å². The maximum Gasteiger partial charge on any atom is 0.573 e. The minimum absolute atomic E-state index is 0.127. The van der Waals surface area contributed by atoms with Crippen LogP contribution in [0.4, 0.5) is 24.5 Å². The molecule has 0 bridgehead atoms. The van der Waals surface area contributed by atoms with Gasteiger partial charge < -0.3 is 20.3 Å². The Morgan fingerprint density at radius 2 is 1.73 bits per heavy atom. The van der Waals surface area contributed by atoms with Crippen molar-refractivity contribution in [2.45, 2.75) is 33.6 Å². The van der Waals surface area contributed by atoms with Crippen molar-refractivity contribution in [3.63, 3.8) is 0 Å². The minimum Gasteiger partial charge on any atom is -0.406 e. The molecule has 0 atom stereocenters. The Bertz CT molecular complexity index is 819. The van der Waals surface area contributed by atoms with Crippen molar-refractivity contribution in [2.75, 3.05) is 31.5 Å². The molecule has 0 aliphatic rings. The van der Waals surface area contributed by atoms with Gasteiger partial charge in [-0.1, -0.05) is 13.8 Å². The van der Waals surface area contributed by atoms with Crippen molar-refractivity contribution in [3.05, 3.63) is 53.6 Å². The summed E-state index contributed by atoms with van der Waals surface area (Å²) >= 11 is 0. The number of nitrogens with one attached hydrogen (secondary N) is 2. The van der Waals surface area contributed by atoms with Crippen LogP contribution in [-0.2, 0) is 0 Å². The molecule has 30 heavy (non-hydrogen) atoms. The van der Waals surface area contributed by atoms with Crippen molar-refractivity contribution in [1.82, 2.24) is 10.2 Å². The molecule has 8 heteroatoms. The first-order chi connectivity index (χ1) is 14.2. The Hall–Kier alpha value is -2.74. The third-order valence-electron chi connectivity index (χ3n) is 4.69. The van der Waals surface area contributed by atoms with Gasteiger partial charge in [-0.05, 0) is 81.0 Å². The molecular weight excluding hydrogens is 395 g/mol. The van der Waals surface area contributed by atoms with Gasteiger partial charge in [-0.15, -0.1) is 13.2 Å². The largest absolute Gasteiger partial charge is 0.573 e. The molecule has 2 rings (SSSR count). The zero-order valence-corrected chi connectivity index (χ0v) is 17.5. The fourth-order valence-electron chi connectivity index (χ4n) is 2.99. The van der Waals surface area contributed by atoms with Gasteiger partial charge in [0.05, 0.1) is 0 Å². The zero-order valence-electron chi connectivity index (χ0n) is 17.5. The molecule has 164 valence electrons. The van der Waals surface area contributed by atoms with E-state index < -0.39 is 6.36 Å². The average Bonchev–Trinajstić information content (AvgIpc) is 2.69. The second-order valence-corrected chi connectivity index (χ2v) is 6.86. The van der Waals surface area contributed by atoms with Gasteiger partial charge >= 0.3 is 6.36 Å². The zero-order chi connectivity index (χ0) is 22.1. The quantitative estimate of drug-likeness (QED) is 0.522. The van der Waals surface area contributed by atoms with E-state index in [1.54, 1.807) is 18.2 Å². The topological polar surface area (TPSA) is 53.6 Å². The molecule has 0 heterocycles. The maximum absolute atomic E-state index is 12.4. The van der Waals surface area contributed by atoms with Crippen molar-refractivity contribution in [1.29, 1.82) is 0 Å². The summed E-state index contributed by atoms with van der Waals surface area (Å²) in [5.74, 6) is -0.407. The molecule has 5 nitrogen and oxygen atoms in total. The molecule has 1 amide bonds. The molecule has 0 spiro atoms. The van der Waals surface area contributed by atoms with Gasteiger partial charge in [-0.3, -0.25) is 4.79 Å². The third kappa shape index (κ3) is 7.59. The maximum atomic E-state index is 12.4. The van der Waals surface area contributed by atoms with Crippen molar-refractivity contribution >= 4 is 17.3 Å². The van der Waals surface area contributed by atoms with Gasteiger partial charge in [0.2, 0.25) is 0 Å². The van der Waals surface area contributed by atoms with Crippen LogP contribution in [0.25, 0.3) is 0 Å². The van der Waals surface area contributed by atoms with Gasteiger partial charge in [0, 0.05) is 23.5 Å². The second-order valence-electron chi connectivity index (χ2n) is 6.86. The molecule has 0 saturated carbocycles. The van der Waals surface area contributed by atoms with Gasteiger partial charge in [0.1, 0.15) is 5.75 Å². The summed E-state index contributed by atoms with van der Waals surface area (Å²) in [4.78, 5) is 14.7. The standard InChI is InChI=1S/C22H28F3N3O2/c1-4-28(5-2)14-6-13-26-21(29)17-7-12-20(16(3)15-17)27-18-8-10-19(11-9-18)30-22(23,24)25/h7-12,15,27H,4-6,13-14H2,1-3H3,(H,26,29). The Kier molecular flexibility index (Phi) is 8.53. The Morgan fingerprint density at radius 1 is 1.07 bits per heavy atom. The Balaban J connectivity index is 1.91. The fraction of sp³-hybridized carbons (Fsp3) is 0.409. The summed E-state index contributed by atoms with van der Waals surface area (Å²) in [5.41, 5.74) is 2.79. The lowest BCUT2D eigenvalue weighted by Gasteiger charge is -2.17. The van der Waals surface area contributed by atoms with E-state index in [2.05, 4.69) is 34.1 Å². The summed E-state index contributed by atoms with van der Waals surface area (Å²) in [7, 11) is 0. The number of hydrogen-bond donors (Lipinski definition) is 2. The van der Waals surface area contributed by atoms with E-state index in [4.69, 9.17) is 0 Å². The van der Waals surface area contributed by atoms with E-state index in [0.717, 1.165) is 37.3 Å². The number of carbonyl (C=O) groups excluding carboxylic acids is 1. The van der Waals surface area contributed by atoms with Crippen LogP contribution in [-0.4, -0.2) is 43.3 Å². The molecule has 0 unspecified atom stereocenters. The lowest BCUT2D eigenvalue weighted by molar-refractivity contribution is -0.274. The van der Waals surface area contributed by atoms with E-state index >= 15 is 0 Å². The minimum atomic E-state index is -4.71. The summed E-state index contributed by atoms with van der Waals surface area (Å²) in [6.45, 7) is 9.64. The number of anilines is 2. The van der Waals surface area contributed by atoms with Crippen molar-refractivity contribution in [2.24, 2.45) is 0 Å². The number of alkyl halides is 3. The highest BCUT2D eigenvalue weighted by atomic mass is 19.4. The molecule has 0 aliphatic heterocycles. The first-order valence-corrected chi connectivity index (χ1v) is 9.96. The van der Waals surface area contributed by atoms with E-state index in [9.17, 15) is 18.0 Å². The highest BCUT2D eigenvalue weighted by Crippen LogP contribution is 2.26. The van der Waals surface area contributed by atoms with Gasteiger partial charge in [0.25, 0.3) is 5.91 Å². The molecule has 0 aromatic heterocycles. The fourth-order valence-corrected chi connectivity index (χ4v) is 2.99. The molecule has 0 radical (unpaired) electrons. The van der Waals surface area contributed by atoms with Crippen molar-refractivity contribution in [3.8, 4) is 5.75 Å². The number of halogens is 3. The van der Waals surface area contributed by atoms with Crippen LogP contribution in [0.1, 0.15) is 36.2 Å². The van der Waals surface area contributed by atoms with Gasteiger partial charge in [-0.2, -0.15) is 0 Å². The van der Waals surface area contributed by atoms with E-state index in [1.165, 1.54) is 24.3 Å². The molecule has 0 saturated heterocycles. The smallest absolute Gasteiger partial charge is 0.406 e. The van der Waals surface area contributed by atoms with Crippen LogP contribution in [0.15, 0.2) is 42.5 Å². The van der Waals surface area contributed by atoms with Crippen LogP contribution in [0.2, 0.25) is 0 Å². The highest BCUT2D eigenvalue weighted by molar-refractivity contribution is 5.95. The SMILES string of the molecule is CCN(CC)CCCNC(=O)c1ccc(Nc2ccc(OC(F)(F)F)cc2)c(C)c1. The van der Waals surface area contributed by atoms with E-state index in [1.807, 2.05) is 6.92 Å². The Labute approximate surface area is 175 Å². The number of hydrogen-bond acceptors (Lipinski definition) is 4. The number of rotatable bonds is 10. The lowest BCUT2D eigenvalue weighted by Crippen LogP contribution is -2.29.